The average Bonchev–Trinajstić information content (AvgIpc) is 2.74. The Hall–Kier alpha value is -3.51. The molecule has 0 fully saturated rings. The molecule has 1 aromatic rings. The molecule has 0 aromatic carbocycles. The molecule has 0 radical (unpaired) electrons. The van der Waals surface area contributed by atoms with Gasteiger partial charge in [0.1, 0.15) is 6.04 Å². The zero-order valence-electron chi connectivity index (χ0n) is 19.7. The molecule has 0 aliphatic heterocycles. The van der Waals surface area contributed by atoms with Gasteiger partial charge in [0.15, 0.2) is 0 Å². The maximum atomic E-state index is 13.4. The number of rotatable bonds is 13. The zero-order valence-corrected chi connectivity index (χ0v) is 19.7. The molecule has 0 spiro atoms. The maximum absolute atomic E-state index is 13.4. The lowest BCUT2D eigenvalue weighted by atomic mass is 10.1. The van der Waals surface area contributed by atoms with E-state index in [2.05, 4.69) is 17.6 Å². The SMILES string of the molecule is CCCCCCCC(=O)NC(CC(N)=O)C(=O)NC(C)CN(C)C(=O)n1cc(F)c(=O)[nH]c1=O. The van der Waals surface area contributed by atoms with Crippen molar-refractivity contribution in [2.24, 2.45) is 5.73 Å². The highest BCUT2D eigenvalue weighted by Crippen LogP contribution is 2.05. The largest absolute Gasteiger partial charge is 0.370 e. The van der Waals surface area contributed by atoms with Gasteiger partial charge in [-0.2, -0.15) is 4.39 Å². The molecule has 4 amide bonds. The van der Waals surface area contributed by atoms with Crippen LogP contribution in [0, 0.1) is 5.82 Å². The van der Waals surface area contributed by atoms with E-state index in [1.165, 1.54) is 7.05 Å². The van der Waals surface area contributed by atoms with Crippen molar-refractivity contribution in [3.05, 3.63) is 32.9 Å². The summed E-state index contributed by atoms with van der Waals surface area (Å²) < 4.78 is 13.8. The number of nitrogens with zero attached hydrogens (tertiary/aromatic N) is 2. The van der Waals surface area contributed by atoms with Crippen LogP contribution in [0.15, 0.2) is 15.8 Å². The second-order valence-electron chi connectivity index (χ2n) is 8.13. The normalized spacial score (nSPS) is 12.5. The molecule has 1 aromatic heterocycles. The highest BCUT2D eigenvalue weighted by molar-refractivity contribution is 5.91. The number of primary amides is 1. The van der Waals surface area contributed by atoms with Crippen LogP contribution in [0.3, 0.4) is 0 Å². The van der Waals surface area contributed by atoms with E-state index >= 15 is 0 Å². The van der Waals surface area contributed by atoms with E-state index < -0.39 is 53.4 Å². The van der Waals surface area contributed by atoms with Crippen molar-refractivity contribution in [2.45, 2.75) is 70.9 Å². The summed E-state index contributed by atoms with van der Waals surface area (Å²) in [6.45, 7) is 3.53. The molecule has 0 saturated heterocycles. The van der Waals surface area contributed by atoms with Gasteiger partial charge in [-0.05, 0) is 13.3 Å². The lowest BCUT2D eigenvalue weighted by molar-refractivity contribution is -0.131. The predicted molar refractivity (Wildman–Crippen MR) is 121 cm³/mol. The molecule has 1 rings (SSSR count). The number of carbonyl (C=O) groups is 4. The van der Waals surface area contributed by atoms with Crippen LogP contribution in [0.4, 0.5) is 9.18 Å². The van der Waals surface area contributed by atoms with Crippen LogP contribution in [0.25, 0.3) is 0 Å². The molecule has 0 aliphatic carbocycles. The quantitative estimate of drug-likeness (QED) is 0.282. The second kappa shape index (κ2) is 13.9. The van der Waals surface area contributed by atoms with Crippen molar-refractivity contribution >= 4 is 23.8 Å². The molecule has 0 aliphatic rings. The third-order valence-corrected chi connectivity index (χ3v) is 4.93. The number of hydrogen-bond donors (Lipinski definition) is 4. The Morgan fingerprint density at radius 3 is 2.41 bits per heavy atom. The summed E-state index contributed by atoms with van der Waals surface area (Å²) in [5.41, 5.74) is 2.84. The highest BCUT2D eigenvalue weighted by atomic mass is 19.1. The third kappa shape index (κ3) is 9.55. The van der Waals surface area contributed by atoms with E-state index in [4.69, 9.17) is 5.73 Å². The van der Waals surface area contributed by atoms with Crippen LogP contribution in [0.5, 0.6) is 0 Å². The summed E-state index contributed by atoms with van der Waals surface area (Å²) in [7, 11) is 1.31. The van der Waals surface area contributed by atoms with Crippen molar-refractivity contribution < 1.29 is 23.6 Å². The number of amides is 4. The molecule has 2 unspecified atom stereocenters. The van der Waals surface area contributed by atoms with Crippen LogP contribution in [-0.2, 0) is 14.4 Å². The number of likely N-dealkylation sites (N-methyl/N-ethyl adjacent to an activating group) is 1. The van der Waals surface area contributed by atoms with Gasteiger partial charge in [0.05, 0.1) is 12.6 Å². The number of unbranched alkanes of at least 4 members (excludes halogenated alkanes) is 4. The Morgan fingerprint density at radius 1 is 1.15 bits per heavy atom. The zero-order chi connectivity index (χ0) is 25.8. The Bertz CT molecular complexity index is 991. The van der Waals surface area contributed by atoms with E-state index in [-0.39, 0.29) is 18.9 Å². The van der Waals surface area contributed by atoms with Gasteiger partial charge >= 0.3 is 11.7 Å². The first-order valence-electron chi connectivity index (χ1n) is 11.1. The summed E-state index contributed by atoms with van der Waals surface area (Å²) in [6.07, 6.45) is 4.99. The third-order valence-electron chi connectivity index (χ3n) is 4.93. The minimum atomic E-state index is -1.31. The highest BCUT2D eigenvalue weighted by Gasteiger charge is 2.25. The second-order valence-corrected chi connectivity index (χ2v) is 8.13. The number of aromatic amines is 1. The number of nitrogens with two attached hydrogens (primary N) is 1. The molecule has 190 valence electrons. The molecule has 34 heavy (non-hydrogen) atoms. The van der Waals surface area contributed by atoms with E-state index in [9.17, 15) is 33.2 Å². The van der Waals surface area contributed by atoms with Crippen LogP contribution >= 0.6 is 0 Å². The topological polar surface area (TPSA) is 176 Å². The van der Waals surface area contributed by atoms with Gasteiger partial charge in [-0.15, -0.1) is 0 Å². The van der Waals surface area contributed by atoms with Crippen LogP contribution in [0.2, 0.25) is 0 Å². The first-order valence-corrected chi connectivity index (χ1v) is 11.1. The van der Waals surface area contributed by atoms with Gasteiger partial charge in [0.25, 0.3) is 5.56 Å². The van der Waals surface area contributed by atoms with Crippen LogP contribution in [0.1, 0.15) is 58.8 Å². The van der Waals surface area contributed by atoms with E-state index in [1.54, 1.807) is 11.9 Å². The lowest BCUT2D eigenvalue weighted by Gasteiger charge is -2.25. The van der Waals surface area contributed by atoms with Crippen molar-refractivity contribution in [3.8, 4) is 0 Å². The van der Waals surface area contributed by atoms with Crippen molar-refractivity contribution in [1.29, 1.82) is 0 Å². The standard InChI is InChI=1S/C21H33FN6O6/c1-4-5-6-7-8-9-17(30)25-15(10-16(23)29)19(32)24-13(2)11-27(3)21(34)28-12-14(22)18(31)26-20(28)33/h12-13,15H,4-11H2,1-3H3,(H2,23,29)(H,24,32)(H,25,30)(H,26,31,33). The molecule has 0 bridgehead atoms. The van der Waals surface area contributed by atoms with Gasteiger partial charge in [0.2, 0.25) is 23.5 Å². The predicted octanol–water partition coefficient (Wildman–Crippen LogP) is -0.199. The molecule has 13 heteroatoms. The molecule has 12 nitrogen and oxygen atoms in total. The summed E-state index contributed by atoms with van der Waals surface area (Å²) in [6, 6.07) is -2.79. The molecular weight excluding hydrogens is 451 g/mol. The van der Waals surface area contributed by atoms with Gasteiger partial charge in [-0.25, -0.2) is 14.2 Å². The number of aromatic nitrogens is 2. The fraction of sp³-hybridized carbons (Fsp3) is 0.619. The molecule has 1 heterocycles. The maximum Gasteiger partial charge on any atom is 0.336 e. The first-order chi connectivity index (χ1) is 16.0. The number of H-pyrrole nitrogens is 1. The summed E-state index contributed by atoms with van der Waals surface area (Å²) in [4.78, 5) is 74.2. The Balaban J connectivity index is 2.70. The number of halogens is 1. The lowest BCUT2D eigenvalue weighted by Crippen LogP contribution is -2.53. The number of hydrogen-bond acceptors (Lipinski definition) is 6. The van der Waals surface area contributed by atoms with Crippen molar-refractivity contribution in [1.82, 2.24) is 25.1 Å². The van der Waals surface area contributed by atoms with Gasteiger partial charge in [-0.1, -0.05) is 32.6 Å². The van der Waals surface area contributed by atoms with E-state index in [0.29, 0.717) is 17.2 Å². The van der Waals surface area contributed by atoms with Gasteiger partial charge < -0.3 is 21.3 Å². The van der Waals surface area contributed by atoms with E-state index in [1.807, 2.05) is 0 Å². The minimum absolute atomic E-state index is 0.105. The summed E-state index contributed by atoms with van der Waals surface area (Å²) >= 11 is 0. The van der Waals surface area contributed by atoms with Crippen LogP contribution in [-0.4, -0.2) is 63.9 Å². The molecule has 0 saturated carbocycles. The molecular formula is C21H33FN6O6. The number of nitrogens with one attached hydrogen (secondary N) is 3. The fourth-order valence-electron chi connectivity index (χ4n) is 3.22. The average molecular weight is 485 g/mol. The summed E-state index contributed by atoms with van der Waals surface area (Å²) in [5.74, 6) is -3.13. The Morgan fingerprint density at radius 2 is 1.79 bits per heavy atom. The smallest absolute Gasteiger partial charge is 0.336 e. The van der Waals surface area contributed by atoms with Gasteiger partial charge in [0, 0.05) is 26.1 Å². The minimum Gasteiger partial charge on any atom is -0.370 e. The number of carbonyl (C=O) groups excluding carboxylic acids is 4. The van der Waals surface area contributed by atoms with Crippen molar-refractivity contribution in [2.75, 3.05) is 13.6 Å². The molecule has 2 atom stereocenters. The Kier molecular flexibility index (Phi) is 11.7. The summed E-state index contributed by atoms with van der Waals surface area (Å²) in [5, 5.41) is 5.08. The van der Waals surface area contributed by atoms with Crippen LogP contribution < -0.4 is 27.6 Å². The van der Waals surface area contributed by atoms with E-state index in [0.717, 1.165) is 30.6 Å². The monoisotopic (exact) mass is 484 g/mol. The first kappa shape index (κ1) is 28.5. The molecule has 5 N–H and O–H groups in total. The fourth-order valence-corrected chi connectivity index (χ4v) is 3.22. The Labute approximate surface area is 196 Å². The van der Waals surface area contributed by atoms with Crippen molar-refractivity contribution in [3.63, 3.8) is 0 Å². The van der Waals surface area contributed by atoms with Gasteiger partial charge in [-0.3, -0.25) is 24.2 Å².